The van der Waals surface area contributed by atoms with Crippen LogP contribution < -0.4 is 24.8 Å². The Morgan fingerprint density at radius 3 is 2.07 bits per heavy atom. The second-order valence-corrected chi connectivity index (χ2v) is 17.7. The van der Waals surface area contributed by atoms with Gasteiger partial charge in [0.25, 0.3) is 23.6 Å². The zero-order chi connectivity index (χ0) is 49.6. The molecule has 9 rings (SSSR count). The lowest BCUT2D eigenvalue weighted by atomic mass is 10.0. The molecule has 1 unspecified atom stereocenters. The number of nitriles is 1. The summed E-state index contributed by atoms with van der Waals surface area (Å²) in [6.45, 7) is 5.22. The van der Waals surface area contributed by atoms with Gasteiger partial charge < -0.3 is 19.4 Å². The van der Waals surface area contributed by atoms with Crippen LogP contribution in [0.1, 0.15) is 74.5 Å². The highest BCUT2D eigenvalue weighted by atomic mass is 32.1. The van der Waals surface area contributed by atoms with Gasteiger partial charge in [-0.2, -0.15) is 18.4 Å². The van der Waals surface area contributed by atoms with E-state index in [9.17, 15) is 47.2 Å². The third kappa shape index (κ3) is 8.69. The molecule has 6 amide bonds. The fourth-order valence-electron chi connectivity index (χ4n) is 8.97. The van der Waals surface area contributed by atoms with Gasteiger partial charge >= 0.3 is 6.18 Å². The molecule has 4 heterocycles. The maximum Gasteiger partial charge on any atom is 0.417 e. The summed E-state index contributed by atoms with van der Waals surface area (Å²) in [6, 6.07) is 30.2. The van der Waals surface area contributed by atoms with Gasteiger partial charge in [-0.1, -0.05) is 36.1 Å². The molecule has 0 bridgehead atoms. The molecule has 4 aliphatic heterocycles. The van der Waals surface area contributed by atoms with Gasteiger partial charge in [-0.05, 0) is 129 Å². The Balaban J connectivity index is 0.756. The minimum Gasteiger partial charge on any atom is -0.481 e. The number of anilines is 3. The third-order valence-electron chi connectivity index (χ3n) is 12.7. The van der Waals surface area contributed by atoms with Crippen LogP contribution in [-0.2, 0) is 20.6 Å². The van der Waals surface area contributed by atoms with Gasteiger partial charge in [0, 0.05) is 55.1 Å². The maximum absolute atomic E-state index is 13.8. The predicted octanol–water partition coefficient (Wildman–Crippen LogP) is 6.95. The van der Waals surface area contributed by atoms with Gasteiger partial charge in [-0.25, -0.2) is 0 Å². The number of piperidine rings is 1. The quantitative estimate of drug-likeness (QED) is 0.0973. The van der Waals surface area contributed by atoms with Gasteiger partial charge in [-0.15, -0.1) is 0 Å². The van der Waals surface area contributed by atoms with E-state index in [0.717, 1.165) is 38.7 Å². The molecule has 0 aromatic heterocycles. The van der Waals surface area contributed by atoms with Crippen LogP contribution in [0.2, 0.25) is 0 Å². The van der Waals surface area contributed by atoms with E-state index in [0.29, 0.717) is 48.7 Å². The number of piperazine rings is 1. The number of ether oxygens (including phenoxy) is 1. The standard InChI is InChI=1S/C52H40F3N7O7S/c1-51(2)49(68)60(38-16-11-35(30-56)42(29-38)52(53,54)55)50(70)62(51)36-14-9-32(10-15-36)33-12-18-39(19-13-33)69-27-3-4-31-5-7-34(8-6-31)46(65)59-25-23-58(24-26-59)37-17-20-40-41(28-37)48(67)61(47(40)66)43-21-22-44(63)57-45(43)64/h5-20,28-29,43H,21-27H2,1-2H3,(H,57,63,64). The topological polar surface area (TPSA) is 164 Å². The first-order chi connectivity index (χ1) is 33.4. The van der Waals surface area contributed by atoms with E-state index in [4.69, 9.17) is 17.0 Å². The maximum atomic E-state index is 13.8. The number of fused-ring (bicyclic) bond motifs is 1. The van der Waals surface area contributed by atoms with E-state index in [-0.39, 0.29) is 47.3 Å². The molecule has 18 heteroatoms. The van der Waals surface area contributed by atoms with Gasteiger partial charge in [-0.3, -0.25) is 43.9 Å². The zero-order valence-corrected chi connectivity index (χ0v) is 38.3. The van der Waals surface area contributed by atoms with Crippen LogP contribution in [0.3, 0.4) is 0 Å². The number of nitrogens with zero attached hydrogens (tertiary/aromatic N) is 6. The van der Waals surface area contributed by atoms with Crippen LogP contribution >= 0.6 is 12.2 Å². The van der Waals surface area contributed by atoms with Crippen molar-refractivity contribution in [3.63, 3.8) is 0 Å². The minimum absolute atomic E-state index is 0.00129. The van der Waals surface area contributed by atoms with E-state index in [2.05, 4.69) is 17.2 Å². The van der Waals surface area contributed by atoms with Crippen molar-refractivity contribution in [3.8, 4) is 34.8 Å². The molecular formula is C52H40F3N7O7S. The molecule has 1 N–H and O–H groups in total. The van der Waals surface area contributed by atoms with Gasteiger partial charge in [0.05, 0.1) is 34.0 Å². The normalized spacial score (nSPS) is 17.8. The Kier molecular flexibility index (Phi) is 12.2. The zero-order valence-electron chi connectivity index (χ0n) is 37.5. The molecule has 352 valence electrons. The van der Waals surface area contributed by atoms with E-state index in [1.807, 2.05) is 29.2 Å². The molecule has 0 aliphatic carbocycles. The number of alkyl halides is 3. The first-order valence-corrected chi connectivity index (χ1v) is 22.5. The van der Waals surface area contributed by atoms with Crippen molar-refractivity contribution in [2.24, 2.45) is 0 Å². The molecule has 14 nitrogen and oxygen atoms in total. The first kappa shape index (κ1) is 46.7. The van der Waals surface area contributed by atoms with E-state index < -0.39 is 58.4 Å². The van der Waals surface area contributed by atoms with E-state index in [1.165, 1.54) is 6.07 Å². The van der Waals surface area contributed by atoms with Crippen molar-refractivity contribution in [1.29, 1.82) is 5.26 Å². The third-order valence-corrected chi connectivity index (χ3v) is 13.1. The summed E-state index contributed by atoms with van der Waals surface area (Å²) in [5, 5.41) is 11.4. The highest BCUT2D eigenvalue weighted by molar-refractivity contribution is 7.81. The summed E-state index contributed by atoms with van der Waals surface area (Å²) < 4.78 is 47.1. The number of carbonyl (C=O) groups excluding carboxylic acids is 6. The summed E-state index contributed by atoms with van der Waals surface area (Å²) >= 11 is 5.67. The van der Waals surface area contributed by atoms with Crippen LogP contribution in [-0.4, -0.2) is 94.7 Å². The molecule has 70 heavy (non-hydrogen) atoms. The molecule has 3 fully saturated rings. The lowest BCUT2D eigenvalue weighted by Crippen LogP contribution is -2.54. The Labute approximate surface area is 404 Å². The van der Waals surface area contributed by atoms with Crippen LogP contribution in [0.25, 0.3) is 11.1 Å². The van der Waals surface area contributed by atoms with Crippen molar-refractivity contribution in [2.45, 2.75) is 44.4 Å². The Bertz CT molecular complexity index is 3130. The van der Waals surface area contributed by atoms with E-state index >= 15 is 0 Å². The number of hydrogen-bond acceptors (Lipinski definition) is 10. The second kappa shape index (κ2) is 18.3. The summed E-state index contributed by atoms with van der Waals surface area (Å²) in [4.78, 5) is 84.9. The molecule has 0 saturated carbocycles. The average molecular weight is 964 g/mol. The lowest BCUT2D eigenvalue weighted by molar-refractivity contribution is -0.138. The highest BCUT2D eigenvalue weighted by Gasteiger charge is 2.51. The SMILES string of the molecule is CC1(C)C(=O)N(c2ccc(C#N)c(C(F)(F)F)c2)C(=S)N1c1ccc(-c2ccc(OCC#Cc3ccc(C(=O)N4CCN(c5ccc6c(c5)C(=O)N(C5CCC(=O)NC5=O)C6=O)CC4)cc3)cc2)cc1. The number of amides is 6. The van der Waals surface area contributed by atoms with Crippen molar-refractivity contribution < 1.29 is 46.7 Å². The molecule has 4 aliphatic rings. The minimum atomic E-state index is -4.81. The summed E-state index contributed by atoms with van der Waals surface area (Å²) in [5.74, 6) is 3.75. The fraction of sp³-hybridized carbons (Fsp3) is 0.231. The molecule has 0 spiro atoms. The molecule has 3 saturated heterocycles. The van der Waals surface area contributed by atoms with Crippen LogP contribution in [0.5, 0.6) is 5.75 Å². The Morgan fingerprint density at radius 1 is 0.800 bits per heavy atom. The van der Waals surface area contributed by atoms with Crippen molar-refractivity contribution in [1.82, 2.24) is 15.1 Å². The Hall–Kier alpha value is -8.35. The lowest BCUT2D eigenvalue weighted by Gasteiger charge is -2.36. The summed E-state index contributed by atoms with van der Waals surface area (Å²) in [5.41, 5.74) is 1.59. The number of carbonyl (C=O) groups is 6. The van der Waals surface area contributed by atoms with Crippen LogP contribution in [0, 0.1) is 23.2 Å². The van der Waals surface area contributed by atoms with Crippen molar-refractivity contribution in [3.05, 3.63) is 143 Å². The monoisotopic (exact) mass is 963 g/mol. The van der Waals surface area contributed by atoms with Crippen molar-refractivity contribution in [2.75, 3.05) is 47.5 Å². The van der Waals surface area contributed by atoms with Crippen LogP contribution in [0.4, 0.5) is 30.2 Å². The number of rotatable bonds is 8. The highest BCUT2D eigenvalue weighted by Crippen LogP contribution is 2.40. The number of halogens is 3. The summed E-state index contributed by atoms with van der Waals surface area (Å²) in [6.07, 6.45) is -4.69. The first-order valence-electron chi connectivity index (χ1n) is 22.1. The number of benzene rings is 5. The number of thiocarbonyl (C=S) groups is 1. The number of hydrogen-bond donors (Lipinski definition) is 1. The molecule has 1 atom stereocenters. The summed E-state index contributed by atoms with van der Waals surface area (Å²) in [7, 11) is 0. The smallest absolute Gasteiger partial charge is 0.417 e. The largest absolute Gasteiger partial charge is 0.481 e. The molecule has 5 aromatic carbocycles. The second-order valence-electron chi connectivity index (χ2n) is 17.4. The molecular weight excluding hydrogens is 924 g/mol. The fourth-order valence-corrected chi connectivity index (χ4v) is 9.49. The Morgan fingerprint density at radius 2 is 1.43 bits per heavy atom. The number of imide groups is 2. The molecule has 0 radical (unpaired) electrons. The van der Waals surface area contributed by atoms with Crippen molar-refractivity contribution >= 4 is 69.8 Å². The van der Waals surface area contributed by atoms with Crippen LogP contribution in [0.15, 0.2) is 109 Å². The van der Waals surface area contributed by atoms with Gasteiger partial charge in [0.1, 0.15) is 23.9 Å². The predicted molar refractivity (Wildman–Crippen MR) is 255 cm³/mol. The number of nitrogens with one attached hydrogen (secondary N) is 1. The average Bonchev–Trinajstić information content (AvgIpc) is 3.70. The van der Waals surface area contributed by atoms with E-state index in [1.54, 1.807) is 96.4 Å². The van der Waals surface area contributed by atoms with Gasteiger partial charge in [0.15, 0.2) is 5.11 Å². The van der Waals surface area contributed by atoms with Gasteiger partial charge in [0.2, 0.25) is 11.8 Å². The molecule has 5 aromatic rings.